The number of benzene rings is 1. The van der Waals surface area contributed by atoms with Crippen molar-refractivity contribution in [3.05, 3.63) is 55.0 Å². The van der Waals surface area contributed by atoms with Gasteiger partial charge in [-0.1, -0.05) is 29.3 Å². The van der Waals surface area contributed by atoms with Gasteiger partial charge in [-0.3, -0.25) is 14.3 Å². The molecule has 0 aliphatic rings. The minimum atomic E-state index is -4.77. The third-order valence-electron chi connectivity index (χ3n) is 3.93. The Balaban J connectivity index is 2.51. The van der Waals surface area contributed by atoms with Crippen molar-refractivity contribution in [1.82, 2.24) is 14.5 Å². The summed E-state index contributed by atoms with van der Waals surface area (Å²) in [6.07, 6.45) is -4.77. The lowest BCUT2D eigenvalue weighted by atomic mass is 10.1. The zero-order valence-corrected chi connectivity index (χ0v) is 16.3. The minimum absolute atomic E-state index is 0.00258. The van der Waals surface area contributed by atoms with Gasteiger partial charge in [-0.05, 0) is 44.3 Å². The molecule has 4 nitrogen and oxygen atoms in total. The van der Waals surface area contributed by atoms with Crippen LogP contribution in [0.2, 0.25) is 10.0 Å². The van der Waals surface area contributed by atoms with Crippen molar-refractivity contribution in [3.8, 4) is 11.3 Å². The van der Waals surface area contributed by atoms with E-state index in [0.717, 1.165) is 6.07 Å². The number of aromatic nitrogens is 3. The van der Waals surface area contributed by atoms with Crippen LogP contribution >= 0.6 is 35.4 Å². The van der Waals surface area contributed by atoms with Crippen molar-refractivity contribution in [1.29, 1.82) is 0 Å². The number of fused-ring (bicyclic) bond motifs is 1. The summed E-state index contributed by atoms with van der Waals surface area (Å²) in [6, 6.07) is 4.88. The largest absolute Gasteiger partial charge is 0.417 e. The first kappa shape index (κ1) is 19.9. The fourth-order valence-electron chi connectivity index (χ4n) is 2.75. The van der Waals surface area contributed by atoms with Gasteiger partial charge in [0.2, 0.25) is 0 Å². The second-order valence-electron chi connectivity index (χ2n) is 6.10. The highest BCUT2D eigenvalue weighted by Gasteiger charge is 2.35. The summed E-state index contributed by atoms with van der Waals surface area (Å²) in [5, 5.41) is -0.122. The number of hydrogen-bond acceptors (Lipinski definition) is 3. The summed E-state index contributed by atoms with van der Waals surface area (Å²) in [5.74, 6) is 0. The average molecular weight is 434 g/mol. The highest BCUT2D eigenvalue weighted by Crippen LogP contribution is 2.37. The molecule has 27 heavy (non-hydrogen) atoms. The molecule has 0 aliphatic carbocycles. The SMILES string of the molecule is CC(C)n1c(=S)[nH]c(=O)c2c(C(F)(F)F)cc(-c3ccc(Cl)c(Cl)c3)nc21. The lowest BCUT2D eigenvalue weighted by Gasteiger charge is -2.18. The van der Waals surface area contributed by atoms with Crippen LogP contribution in [-0.2, 0) is 6.18 Å². The first-order valence-corrected chi connectivity index (χ1v) is 8.89. The fourth-order valence-corrected chi connectivity index (χ4v) is 3.44. The van der Waals surface area contributed by atoms with Crippen molar-refractivity contribution in [3.63, 3.8) is 0 Å². The highest BCUT2D eigenvalue weighted by atomic mass is 35.5. The van der Waals surface area contributed by atoms with Crippen molar-refractivity contribution in [2.75, 3.05) is 0 Å². The van der Waals surface area contributed by atoms with Crippen molar-refractivity contribution in [2.45, 2.75) is 26.1 Å². The molecule has 0 amide bonds. The fraction of sp³-hybridized carbons (Fsp3) is 0.235. The molecule has 1 N–H and O–H groups in total. The van der Waals surface area contributed by atoms with E-state index in [9.17, 15) is 18.0 Å². The minimum Gasteiger partial charge on any atom is -0.300 e. The third kappa shape index (κ3) is 3.61. The standard InChI is InChI=1S/C17H12Cl2F3N3OS/c1-7(2)25-14-13(15(26)24-16(25)27)9(17(20,21)22)6-12(23-14)8-3-4-10(18)11(19)5-8/h3-7H,1-2H3,(H,24,26,27). The van der Waals surface area contributed by atoms with Gasteiger partial charge < -0.3 is 0 Å². The molecule has 142 valence electrons. The van der Waals surface area contributed by atoms with E-state index in [0.29, 0.717) is 5.56 Å². The van der Waals surface area contributed by atoms with E-state index < -0.39 is 22.7 Å². The number of H-pyrrole nitrogens is 1. The van der Waals surface area contributed by atoms with Crippen LogP contribution in [0.15, 0.2) is 29.1 Å². The molecule has 0 aliphatic heterocycles. The molecule has 10 heteroatoms. The topological polar surface area (TPSA) is 50.7 Å². The maximum atomic E-state index is 13.7. The van der Waals surface area contributed by atoms with E-state index >= 15 is 0 Å². The van der Waals surface area contributed by atoms with Gasteiger partial charge in [-0.2, -0.15) is 13.2 Å². The zero-order valence-electron chi connectivity index (χ0n) is 14.0. The predicted octanol–water partition coefficient (Wildman–Crippen LogP) is 6.03. The van der Waals surface area contributed by atoms with Gasteiger partial charge >= 0.3 is 6.18 Å². The maximum Gasteiger partial charge on any atom is 0.417 e. The van der Waals surface area contributed by atoms with Gasteiger partial charge in [0, 0.05) is 11.6 Å². The van der Waals surface area contributed by atoms with Crippen molar-refractivity contribution in [2.24, 2.45) is 0 Å². The Morgan fingerprint density at radius 2 is 1.85 bits per heavy atom. The molecule has 0 saturated carbocycles. The molecule has 0 saturated heterocycles. The molecule has 1 aromatic carbocycles. The first-order valence-electron chi connectivity index (χ1n) is 7.73. The van der Waals surface area contributed by atoms with Gasteiger partial charge in [0.15, 0.2) is 4.77 Å². The monoisotopic (exact) mass is 433 g/mol. The Morgan fingerprint density at radius 1 is 1.19 bits per heavy atom. The molecule has 0 radical (unpaired) electrons. The first-order chi connectivity index (χ1) is 12.5. The summed E-state index contributed by atoms with van der Waals surface area (Å²) in [5.41, 5.74) is -1.85. The zero-order chi connectivity index (χ0) is 20.1. The quantitative estimate of drug-likeness (QED) is 0.502. The van der Waals surface area contributed by atoms with Gasteiger partial charge in [-0.25, -0.2) is 4.98 Å². The smallest absolute Gasteiger partial charge is 0.300 e. The van der Waals surface area contributed by atoms with E-state index in [-0.39, 0.29) is 32.2 Å². The summed E-state index contributed by atoms with van der Waals surface area (Å²) in [6.45, 7) is 3.46. The van der Waals surface area contributed by atoms with Crippen LogP contribution in [0.5, 0.6) is 0 Å². The number of hydrogen-bond donors (Lipinski definition) is 1. The Kier molecular flexibility index (Phi) is 5.09. The lowest BCUT2D eigenvalue weighted by Crippen LogP contribution is -2.21. The Hall–Kier alpha value is -1.90. The predicted molar refractivity (Wildman–Crippen MR) is 102 cm³/mol. The second-order valence-corrected chi connectivity index (χ2v) is 7.30. The normalized spacial score (nSPS) is 12.1. The molecule has 0 bridgehead atoms. The molecule has 2 heterocycles. The van der Waals surface area contributed by atoms with Crippen LogP contribution in [0.4, 0.5) is 13.2 Å². The van der Waals surface area contributed by atoms with E-state index in [1.54, 1.807) is 13.8 Å². The number of nitrogens with zero attached hydrogens (tertiary/aromatic N) is 2. The molecular formula is C17H12Cl2F3N3OS. The highest BCUT2D eigenvalue weighted by molar-refractivity contribution is 7.71. The molecular weight excluding hydrogens is 422 g/mol. The van der Waals surface area contributed by atoms with Crippen LogP contribution in [0.3, 0.4) is 0 Å². The average Bonchev–Trinajstić information content (AvgIpc) is 2.55. The molecule has 3 aromatic rings. The van der Waals surface area contributed by atoms with E-state index in [4.69, 9.17) is 35.4 Å². The lowest BCUT2D eigenvalue weighted by molar-refractivity contribution is -0.136. The Bertz CT molecular complexity index is 1170. The third-order valence-corrected chi connectivity index (χ3v) is 4.97. The van der Waals surface area contributed by atoms with Crippen molar-refractivity contribution >= 4 is 46.5 Å². The maximum absolute atomic E-state index is 13.7. The Morgan fingerprint density at radius 3 is 2.41 bits per heavy atom. The van der Waals surface area contributed by atoms with Crippen LogP contribution < -0.4 is 5.56 Å². The summed E-state index contributed by atoms with van der Waals surface area (Å²) >= 11 is 17.0. The van der Waals surface area contributed by atoms with Crippen molar-refractivity contribution < 1.29 is 13.2 Å². The van der Waals surface area contributed by atoms with E-state index in [1.165, 1.54) is 22.8 Å². The number of halogens is 5. The molecule has 0 unspecified atom stereocenters. The number of nitrogens with one attached hydrogen (secondary N) is 1. The molecule has 0 atom stereocenters. The molecule has 0 spiro atoms. The number of alkyl halides is 3. The molecule has 2 aromatic heterocycles. The van der Waals surface area contributed by atoms with Crippen LogP contribution in [0.25, 0.3) is 22.3 Å². The summed E-state index contributed by atoms with van der Waals surface area (Å²) < 4.78 is 42.5. The molecule has 3 rings (SSSR count). The summed E-state index contributed by atoms with van der Waals surface area (Å²) in [4.78, 5) is 18.9. The van der Waals surface area contributed by atoms with Crippen LogP contribution in [0, 0.1) is 4.77 Å². The van der Waals surface area contributed by atoms with Gasteiger partial charge in [0.25, 0.3) is 5.56 Å². The second kappa shape index (κ2) is 6.92. The van der Waals surface area contributed by atoms with E-state index in [1.807, 2.05) is 0 Å². The van der Waals surface area contributed by atoms with E-state index in [2.05, 4.69) is 9.97 Å². The van der Waals surface area contributed by atoms with Gasteiger partial charge in [0.1, 0.15) is 5.65 Å². The summed E-state index contributed by atoms with van der Waals surface area (Å²) in [7, 11) is 0. The molecule has 0 fully saturated rings. The van der Waals surface area contributed by atoms with Crippen LogP contribution in [0.1, 0.15) is 25.5 Å². The number of pyridine rings is 1. The Labute approximate surface area is 166 Å². The number of aromatic amines is 1. The van der Waals surface area contributed by atoms with Gasteiger partial charge in [0.05, 0.1) is 26.7 Å². The number of rotatable bonds is 2. The van der Waals surface area contributed by atoms with Crippen LogP contribution in [-0.4, -0.2) is 14.5 Å². The van der Waals surface area contributed by atoms with Gasteiger partial charge in [-0.15, -0.1) is 0 Å².